The molecule has 1 aromatic rings. The first kappa shape index (κ1) is 13.4. The molecule has 0 saturated heterocycles. The van der Waals surface area contributed by atoms with E-state index in [1.54, 1.807) is 0 Å². The number of hydrogen-bond acceptors (Lipinski definition) is 2. The highest BCUT2D eigenvalue weighted by atomic mass is 16.5. The lowest BCUT2D eigenvalue weighted by Gasteiger charge is -2.38. The number of ether oxygens (including phenoxy) is 1. The van der Waals surface area contributed by atoms with Crippen molar-refractivity contribution in [2.75, 3.05) is 6.54 Å². The van der Waals surface area contributed by atoms with Gasteiger partial charge in [-0.2, -0.15) is 0 Å². The predicted molar refractivity (Wildman–Crippen MR) is 76.3 cm³/mol. The molecule has 2 rings (SSSR count). The van der Waals surface area contributed by atoms with Crippen LogP contribution in [0.3, 0.4) is 0 Å². The highest BCUT2D eigenvalue weighted by molar-refractivity contribution is 5.44. The van der Waals surface area contributed by atoms with Gasteiger partial charge >= 0.3 is 0 Å². The number of rotatable bonds is 1. The third-order valence-corrected chi connectivity index (χ3v) is 3.72. The minimum atomic E-state index is -0.111. The van der Waals surface area contributed by atoms with Gasteiger partial charge < -0.3 is 10.5 Å². The molecule has 18 heavy (non-hydrogen) atoms. The molecule has 1 aliphatic heterocycles. The Kier molecular flexibility index (Phi) is 3.18. The van der Waals surface area contributed by atoms with Gasteiger partial charge in [-0.05, 0) is 49.4 Å². The zero-order valence-corrected chi connectivity index (χ0v) is 12.2. The summed E-state index contributed by atoms with van der Waals surface area (Å²) in [5, 5.41) is 0. The first-order valence-electron chi connectivity index (χ1n) is 6.76. The Morgan fingerprint density at radius 3 is 2.56 bits per heavy atom. The Labute approximate surface area is 111 Å². The topological polar surface area (TPSA) is 35.2 Å². The van der Waals surface area contributed by atoms with Gasteiger partial charge in [0.2, 0.25) is 0 Å². The molecule has 0 fully saturated rings. The Balaban J connectivity index is 2.46. The molecule has 0 bridgehead atoms. The summed E-state index contributed by atoms with van der Waals surface area (Å²) in [5.41, 5.74) is 8.63. The van der Waals surface area contributed by atoms with E-state index >= 15 is 0 Å². The second-order valence-electron chi connectivity index (χ2n) is 7.00. The standard InChI is InChI=1S/C16H25NO/c1-15(2,3)12-6-7-14-13(8-12)11(10-17)9-16(4,5)18-14/h6-8,11H,9-10,17H2,1-5H3. The third-order valence-electron chi connectivity index (χ3n) is 3.72. The van der Waals surface area contributed by atoms with Crippen molar-refractivity contribution in [1.29, 1.82) is 0 Å². The minimum Gasteiger partial charge on any atom is -0.488 e. The molecule has 0 aliphatic carbocycles. The maximum atomic E-state index is 6.06. The summed E-state index contributed by atoms with van der Waals surface area (Å²) in [6.07, 6.45) is 0.990. The van der Waals surface area contributed by atoms with Gasteiger partial charge in [-0.25, -0.2) is 0 Å². The van der Waals surface area contributed by atoms with Gasteiger partial charge in [-0.1, -0.05) is 32.9 Å². The minimum absolute atomic E-state index is 0.111. The fourth-order valence-electron chi connectivity index (χ4n) is 2.68. The van der Waals surface area contributed by atoms with E-state index in [1.165, 1.54) is 11.1 Å². The molecule has 0 spiro atoms. The summed E-state index contributed by atoms with van der Waals surface area (Å²) in [5.74, 6) is 1.42. The van der Waals surface area contributed by atoms with Crippen LogP contribution >= 0.6 is 0 Å². The van der Waals surface area contributed by atoms with Crippen LogP contribution in [0.15, 0.2) is 18.2 Å². The zero-order chi connectivity index (χ0) is 13.6. The number of hydrogen-bond donors (Lipinski definition) is 1. The van der Waals surface area contributed by atoms with Crippen molar-refractivity contribution < 1.29 is 4.74 Å². The van der Waals surface area contributed by atoms with Crippen molar-refractivity contribution in [3.05, 3.63) is 29.3 Å². The second-order valence-corrected chi connectivity index (χ2v) is 7.00. The quantitative estimate of drug-likeness (QED) is 0.823. The van der Waals surface area contributed by atoms with Crippen LogP contribution in [0, 0.1) is 0 Å². The van der Waals surface area contributed by atoms with Crippen LogP contribution in [-0.2, 0) is 5.41 Å². The van der Waals surface area contributed by atoms with Crippen LogP contribution in [0.1, 0.15) is 58.1 Å². The molecule has 1 atom stereocenters. The van der Waals surface area contributed by atoms with Crippen molar-refractivity contribution in [3.8, 4) is 5.75 Å². The van der Waals surface area contributed by atoms with Gasteiger partial charge in [0.1, 0.15) is 11.4 Å². The first-order chi connectivity index (χ1) is 8.23. The van der Waals surface area contributed by atoms with Crippen LogP contribution in [0.25, 0.3) is 0 Å². The van der Waals surface area contributed by atoms with Crippen LogP contribution in [0.2, 0.25) is 0 Å². The third kappa shape index (κ3) is 2.54. The van der Waals surface area contributed by atoms with Gasteiger partial charge in [0.25, 0.3) is 0 Å². The fraction of sp³-hybridized carbons (Fsp3) is 0.625. The maximum absolute atomic E-state index is 6.06. The van der Waals surface area contributed by atoms with E-state index in [0.29, 0.717) is 12.5 Å². The molecule has 100 valence electrons. The lowest BCUT2D eigenvalue weighted by molar-refractivity contribution is 0.0730. The van der Waals surface area contributed by atoms with Crippen LogP contribution in [0.5, 0.6) is 5.75 Å². The molecule has 2 nitrogen and oxygen atoms in total. The molecule has 1 aliphatic rings. The molecule has 2 N–H and O–H groups in total. The summed E-state index contributed by atoms with van der Waals surface area (Å²) in [4.78, 5) is 0. The van der Waals surface area contributed by atoms with Crippen molar-refractivity contribution in [2.24, 2.45) is 5.73 Å². The van der Waals surface area contributed by atoms with Gasteiger partial charge in [0.05, 0.1) is 0 Å². The average Bonchev–Trinajstić information content (AvgIpc) is 2.24. The number of benzene rings is 1. The van der Waals surface area contributed by atoms with E-state index in [0.717, 1.165) is 12.2 Å². The molecular weight excluding hydrogens is 222 g/mol. The molecular formula is C16H25NO. The predicted octanol–water partition coefficient (Wildman–Crippen LogP) is 3.59. The summed E-state index contributed by atoms with van der Waals surface area (Å²) in [6.45, 7) is 11.7. The Bertz CT molecular complexity index is 443. The molecule has 0 aromatic heterocycles. The normalized spacial score (nSPS) is 22.2. The monoisotopic (exact) mass is 247 g/mol. The van der Waals surface area contributed by atoms with Gasteiger partial charge in [0, 0.05) is 5.92 Å². The molecule has 1 unspecified atom stereocenters. The molecule has 2 heteroatoms. The maximum Gasteiger partial charge on any atom is 0.123 e. The number of nitrogens with two attached hydrogens (primary N) is 1. The Hall–Kier alpha value is -1.02. The zero-order valence-electron chi connectivity index (χ0n) is 12.2. The molecule has 0 amide bonds. The van der Waals surface area contributed by atoms with Crippen molar-refractivity contribution in [2.45, 2.75) is 58.0 Å². The van der Waals surface area contributed by atoms with E-state index in [2.05, 4.69) is 52.8 Å². The van der Waals surface area contributed by atoms with Crippen LogP contribution in [-0.4, -0.2) is 12.1 Å². The first-order valence-corrected chi connectivity index (χ1v) is 6.76. The lowest BCUT2D eigenvalue weighted by Crippen LogP contribution is -2.37. The van der Waals surface area contributed by atoms with Gasteiger partial charge in [-0.3, -0.25) is 0 Å². The molecule has 1 heterocycles. The summed E-state index contributed by atoms with van der Waals surface area (Å²) < 4.78 is 6.06. The Morgan fingerprint density at radius 2 is 2.00 bits per heavy atom. The fourth-order valence-corrected chi connectivity index (χ4v) is 2.68. The van der Waals surface area contributed by atoms with Crippen LogP contribution < -0.4 is 10.5 Å². The molecule has 0 saturated carbocycles. The average molecular weight is 247 g/mol. The van der Waals surface area contributed by atoms with E-state index in [-0.39, 0.29) is 11.0 Å². The summed E-state index contributed by atoms with van der Waals surface area (Å²) in [7, 11) is 0. The van der Waals surface area contributed by atoms with Crippen molar-refractivity contribution >= 4 is 0 Å². The van der Waals surface area contributed by atoms with E-state index in [4.69, 9.17) is 10.5 Å². The van der Waals surface area contributed by atoms with Crippen LogP contribution in [0.4, 0.5) is 0 Å². The SMILES string of the molecule is CC1(C)CC(CN)c2cc(C(C)(C)C)ccc2O1. The second kappa shape index (κ2) is 4.27. The van der Waals surface area contributed by atoms with E-state index in [9.17, 15) is 0 Å². The Morgan fingerprint density at radius 1 is 1.33 bits per heavy atom. The molecule has 0 radical (unpaired) electrons. The van der Waals surface area contributed by atoms with Gasteiger partial charge in [0.15, 0.2) is 0 Å². The summed E-state index contributed by atoms with van der Waals surface area (Å²) in [6, 6.07) is 6.56. The lowest BCUT2D eigenvalue weighted by atomic mass is 9.80. The van der Waals surface area contributed by atoms with Crippen molar-refractivity contribution in [1.82, 2.24) is 0 Å². The smallest absolute Gasteiger partial charge is 0.123 e. The van der Waals surface area contributed by atoms with E-state index < -0.39 is 0 Å². The highest BCUT2D eigenvalue weighted by Gasteiger charge is 2.33. The van der Waals surface area contributed by atoms with Gasteiger partial charge in [-0.15, -0.1) is 0 Å². The largest absolute Gasteiger partial charge is 0.488 e. The van der Waals surface area contributed by atoms with E-state index in [1.807, 2.05) is 0 Å². The highest BCUT2D eigenvalue weighted by Crippen LogP contribution is 2.41. The summed E-state index contributed by atoms with van der Waals surface area (Å²) >= 11 is 0. The molecule has 1 aromatic carbocycles. The van der Waals surface area contributed by atoms with Crippen molar-refractivity contribution in [3.63, 3.8) is 0 Å². The number of fused-ring (bicyclic) bond motifs is 1.